The average Bonchev–Trinajstić information content (AvgIpc) is 2.87. The Labute approximate surface area is 140 Å². The molecule has 0 radical (unpaired) electrons. The Hall–Kier alpha value is -2.41. The first-order valence-electron chi connectivity index (χ1n) is 8.22. The van der Waals surface area contributed by atoms with Crippen LogP contribution in [0.4, 0.5) is 0 Å². The highest BCUT2D eigenvalue weighted by atomic mass is 16.2. The number of aromatic nitrogens is 2. The molecule has 7 nitrogen and oxygen atoms in total. The van der Waals surface area contributed by atoms with Gasteiger partial charge in [-0.1, -0.05) is 12.1 Å². The monoisotopic (exact) mass is 329 g/mol. The number of H-pyrrole nitrogens is 1. The van der Waals surface area contributed by atoms with Crippen LogP contribution in [0.5, 0.6) is 0 Å². The molecule has 1 aliphatic rings. The fraction of sp³-hybridized carbons (Fsp3) is 0.471. The number of likely N-dealkylation sites (N-methyl/N-ethyl adjacent to an activating group) is 1. The van der Waals surface area contributed by atoms with Crippen LogP contribution in [0.25, 0.3) is 11.0 Å². The van der Waals surface area contributed by atoms with Gasteiger partial charge in [0.05, 0.1) is 17.0 Å². The van der Waals surface area contributed by atoms with Gasteiger partial charge in [0.15, 0.2) is 0 Å². The molecule has 24 heavy (non-hydrogen) atoms. The maximum atomic E-state index is 12.5. The second-order valence-electron chi connectivity index (χ2n) is 6.40. The van der Waals surface area contributed by atoms with Gasteiger partial charge >= 0.3 is 0 Å². The second-order valence-corrected chi connectivity index (χ2v) is 6.40. The summed E-state index contributed by atoms with van der Waals surface area (Å²) in [6.45, 7) is 2.38. The predicted octanol–water partition coefficient (Wildman–Crippen LogP) is 0.371. The molecule has 1 aliphatic heterocycles. The number of hydrogen-bond acceptors (Lipinski definition) is 4. The van der Waals surface area contributed by atoms with Gasteiger partial charge < -0.3 is 20.5 Å². The highest BCUT2D eigenvalue weighted by Gasteiger charge is 2.27. The van der Waals surface area contributed by atoms with Gasteiger partial charge in [0, 0.05) is 39.0 Å². The lowest BCUT2D eigenvalue weighted by molar-refractivity contribution is -0.132. The van der Waals surface area contributed by atoms with E-state index >= 15 is 0 Å². The van der Waals surface area contributed by atoms with Crippen LogP contribution in [0, 0.1) is 5.92 Å². The molecule has 1 saturated heterocycles. The lowest BCUT2D eigenvalue weighted by Gasteiger charge is -2.22. The van der Waals surface area contributed by atoms with Gasteiger partial charge in [-0.25, -0.2) is 4.98 Å². The van der Waals surface area contributed by atoms with E-state index in [0.717, 1.165) is 23.4 Å². The minimum Gasteiger partial charge on any atom is -0.369 e. The summed E-state index contributed by atoms with van der Waals surface area (Å²) in [6, 6.07) is 7.80. The van der Waals surface area contributed by atoms with Gasteiger partial charge in [-0.05, 0) is 19.2 Å². The third-order valence-corrected chi connectivity index (χ3v) is 4.49. The number of benzene rings is 1. The number of amides is 2. The molecule has 1 fully saturated rings. The van der Waals surface area contributed by atoms with Crippen molar-refractivity contribution in [1.82, 2.24) is 19.8 Å². The standard InChI is InChI=1S/C17H23N5O2/c1-21-8-9-22(11-12(10-21)17(18)24)16(23)7-6-15-19-13-4-2-3-5-14(13)20-15/h2-5,12H,6-11H2,1H3,(H2,18,24)(H,19,20)/t12-/m1/s1. The van der Waals surface area contributed by atoms with E-state index in [4.69, 9.17) is 5.73 Å². The Bertz CT molecular complexity index is 708. The Morgan fingerprint density at radius 3 is 2.83 bits per heavy atom. The number of nitrogens with zero attached hydrogens (tertiary/aromatic N) is 3. The van der Waals surface area contributed by atoms with Crippen LogP contribution in [-0.4, -0.2) is 64.8 Å². The maximum absolute atomic E-state index is 12.5. The van der Waals surface area contributed by atoms with Crippen molar-refractivity contribution in [3.63, 3.8) is 0 Å². The number of carbonyl (C=O) groups is 2. The number of fused-ring (bicyclic) bond motifs is 1. The largest absolute Gasteiger partial charge is 0.369 e. The Morgan fingerprint density at radius 2 is 2.08 bits per heavy atom. The quantitative estimate of drug-likeness (QED) is 0.847. The molecule has 1 aromatic carbocycles. The summed E-state index contributed by atoms with van der Waals surface area (Å²) in [5, 5.41) is 0. The minimum atomic E-state index is -0.348. The lowest BCUT2D eigenvalue weighted by atomic mass is 10.1. The third-order valence-electron chi connectivity index (χ3n) is 4.49. The van der Waals surface area contributed by atoms with Crippen LogP contribution in [0.15, 0.2) is 24.3 Å². The number of nitrogens with two attached hydrogens (primary N) is 1. The summed E-state index contributed by atoms with van der Waals surface area (Å²) in [6.07, 6.45) is 0.927. The normalized spacial score (nSPS) is 19.4. The molecular weight excluding hydrogens is 306 g/mol. The average molecular weight is 329 g/mol. The van der Waals surface area contributed by atoms with E-state index in [9.17, 15) is 9.59 Å². The van der Waals surface area contributed by atoms with Crippen LogP contribution in [0.2, 0.25) is 0 Å². The number of imidazole rings is 1. The smallest absolute Gasteiger partial charge is 0.223 e. The molecule has 3 rings (SSSR count). The first-order valence-corrected chi connectivity index (χ1v) is 8.22. The number of hydrogen-bond donors (Lipinski definition) is 2. The molecule has 2 amide bonds. The number of aromatic amines is 1. The Balaban J connectivity index is 1.62. The molecule has 0 bridgehead atoms. The second kappa shape index (κ2) is 7.00. The number of primary amides is 1. The molecule has 0 saturated carbocycles. The third kappa shape index (κ3) is 3.73. The van der Waals surface area contributed by atoms with E-state index in [1.807, 2.05) is 36.2 Å². The van der Waals surface area contributed by atoms with Gasteiger partial charge in [-0.15, -0.1) is 0 Å². The van der Waals surface area contributed by atoms with E-state index in [1.54, 1.807) is 4.90 Å². The zero-order valence-corrected chi connectivity index (χ0v) is 13.9. The van der Waals surface area contributed by atoms with Crippen molar-refractivity contribution in [3.05, 3.63) is 30.1 Å². The van der Waals surface area contributed by atoms with E-state index < -0.39 is 0 Å². The molecule has 0 aliphatic carbocycles. The summed E-state index contributed by atoms with van der Waals surface area (Å²) in [5.41, 5.74) is 7.34. The maximum Gasteiger partial charge on any atom is 0.223 e. The highest BCUT2D eigenvalue weighted by molar-refractivity contribution is 5.80. The molecule has 128 valence electrons. The summed E-state index contributed by atoms with van der Waals surface area (Å²) in [4.78, 5) is 35.6. The lowest BCUT2D eigenvalue weighted by Crippen LogP contribution is -2.40. The van der Waals surface area contributed by atoms with Crippen molar-refractivity contribution in [3.8, 4) is 0 Å². The van der Waals surface area contributed by atoms with Crippen LogP contribution < -0.4 is 5.73 Å². The SMILES string of the molecule is CN1CCN(C(=O)CCc2nc3ccccc3[nH]2)C[C@H](C(N)=O)C1. The van der Waals surface area contributed by atoms with Crippen molar-refractivity contribution >= 4 is 22.8 Å². The Kier molecular flexibility index (Phi) is 4.80. The molecule has 1 aromatic heterocycles. The van der Waals surface area contributed by atoms with E-state index in [2.05, 4.69) is 9.97 Å². The summed E-state index contributed by atoms with van der Waals surface area (Å²) in [5.74, 6) is 0.187. The van der Waals surface area contributed by atoms with Crippen molar-refractivity contribution < 1.29 is 9.59 Å². The van der Waals surface area contributed by atoms with Gasteiger partial charge in [0.1, 0.15) is 5.82 Å². The zero-order valence-electron chi connectivity index (χ0n) is 13.9. The van der Waals surface area contributed by atoms with Crippen LogP contribution >= 0.6 is 0 Å². The van der Waals surface area contributed by atoms with Crippen molar-refractivity contribution in [1.29, 1.82) is 0 Å². The van der Waals surface area contributed by atoms with Crippen LogP contribution in [0.3, 0.4) is 0 Å². The van der Waals surface area contributed by atoms with Crippen molar-refractivity contribution in [2.24, 2.45) is 11.7 Å². The van der Waals surface area contributed by atoms with E-state index in [1.165, 1.54) is 0 Å². The molecule has 7 heteroatoms. The van der Waals surface area contributed by atoms with Crippen LogP contribution in [0.1, 0.15) is 12.2 Å². The fourth-order valence-corrected chi connectivity index (χ4v) is 3.09. The van der Waals surface area contributed by atoms with Gasteiger partial charge in [-0.3, -0.25) is 9.59 Å². The zero-order chi connectivity index (χ0) is 17.1. The number of aryl methyl sites for hydroxylation is 1. The van der Waals surface area contributed by atoms with Crippen LogP contribution in [-0.2, 0) is 16.0 Å². The number of para-hydroxylation sites is 2. The molecule has 0 spiro atoms. The van der Waals surface area contributed by atoms with E-state index in [-0.39, 0.29) is 17.7 Å². The summed E-state index contributed by atoms with van der Waals surface area (Å²) >= 11 is 0. The molecular formula is C17H23N5O2. The number of nitrogens with one attached hydrogen (secondary N) is 1. The van der Waals surface area contributed by atoms with Crippen molar-refractivity contribution in [2.75, 3.05) is 33.2 Å². The summed E-state index contributed by atoms with van der Waals surface area (Å²) in [7, 11) is 1.94. The molecule has 2 heterocycles. The molecule has 2 aromatic rings. The number of rotatable bonds is 4. The minimum absolute atomic E-state index is 0.0389. The fourth-order valence-electron chi connectivity index (χ4n) is 3.09. The first kappa shape index (κ1) is 16.4. The topological polar surface area (TPSA) is 95.3 Å². The molecule has 0 unspecified atom stereocenters. The van der Waals surface area contributed by atoms with Gasteiger partial charge in [-0.2, -0.15) is 0 Å². The van der Waals surface area contributed by atoms with Crippen molar-refractivity contribution in [2.45, 2.75) is 12.8 Å². The molecule has 1 atom stereocenters. The van der Waals surface area contributed by atoms with Gasteiger partial charge in [0.25, 0.3) is 0 Å². The summed E-state index contributed by atoms with van der Waals surface area (Å²) < 4.78 is 0. The highest BCUT2D eigenvalue weighted by Crippen LogP contribution is 2.13. The predicted molar refractivity (Wildman–Crippen MR) is 91.2 cm³/mol. The first-order chi connectivity index (χ1) is 11.5. The number of carbonyl (C=O) groups excluding carboxylic acids is 2. The van der Waals surface area contributed by atoms with Gasteiger partial charge in [0.2, 0.25) is 11.8 Å². The Morgan fingerprint density at radius 1 is 1.29 bits per heavy atom. The van der Waals surface area contributed by atoms with E-state index in [0.29, 0.717) is 32.5 Å². The molecule has 3 N–H and O–H groups in total.